The van der Waals surface area contributed by atoms with E-state index in [1.807, 2.05) is 18.0 Å². The molecule has 0 atom stereocenters. The Labute approximate surface area is 77.8 Å². The molecule has 68 valence electrons. The first kappa shape index (κ1) is 9.46. The van der Waals surface area contributed by atoms with Crippen molar-refractivity contribution in [2.75, 3.05) is 18.5 Å². The minimum Gasteiger partial charge on any atom is -0.360 e. The second-order valence-electron chi connectivity index (χ2n) is 2.77. The molecule has 13 heavy (non-hydrogen) atoms. The Kier molecular flexibility index (Phi) is 3.21. The van der Waals surface area contributed by atoms with Crippen molar-refractivity contribution in [3.05, 3.63) is 18.1 Å². The van der Waals surface area contributed by atoms with E-state index in [2.05, 4.69) is 16.9 Å². The van der Waals surface area contributed by atoms with Crippen LogP contribution in [0.2, 0.25) is 0 Å². The van der Waals surface area contributed by atoms with Crippen LogP contribution >= 0.6 is 0 Å². The maximum absolute atomic E-state index is 8.58. The fourth-order valence-corrected chi connectivity index (χ4v) is 1.07. The lowest BCUT2D eigenvalue weighted by atomic mass is 10.4. The summed E-state index contributed by atoms with van der Waals surface area (Å²) >= 11 is 0. The molecule has 0 bridgehead atoms. The lowest BCUT2D eigenvalue weighted by Gasteiger charge is -2.16. The van der Waals surface area contributed by atoms with Crippen molar-refractivity contribution in [3.8, 4) is 6.07 Å². The third-order valence-electron chi connectivity index (χ3n) is 1.69. The van der Waals surface area contributed by atoms with Crippen molar-refractivity contribution in [1.29, 1.82) is 5.26 Å². The summed E-state index contributed by atoms with van der Waals surface area (Å²) in [6.45, 7) is 3.03. The van der Waals surface area contributed by atoms with Gasteiger partial charge in [0.15, 0.2) is 0 Å². The van der Waals surface area contributed by atoms with Gasteiger partial charge in [-0.3, -0.25) is 0 Å². The topological polar surface area (TPSA) is 52.8 Å². The molecule has 0 spiro atoms. The number of nitrogens with zero attached hydrogens (tertiary/aromatic N) is 4. The molecule has 1 aromatic heterocycles. The van der Waals surface area contributed by atoms with Gasteiger partial charge in [0.2, 0.25) is 5.82 Å². The zero-order valence-corrected chi connectivity index (χ0v) is 7.86. The molecule has 0 aliphatic heterocycles. The van der Waals surface area contributed by atoms with E-state index in [1.54, 1.807) is 12.3 Å². The van der Waals surface area contributed by atoms with Crippen LogP contribution in [0.3, 0.4) is 0 Å². The summed E-state index contributed by atoms with van der Waals surface area (Å²) in [6.07, 6.45) is 2.66. The van der Waals surface area contributed by atoms with Crippen molar-refractivity contribution in [1.82, 2.24) is 9.97 Å². The Hall–Kier alpha value is -1.63. The van der Waals surface area contributed by atoms with Gasteiger partial charge in [-0.25, -0.2) is 9.97 Å². The summed E-state index contributed by atoms with van der Waals surface area (Å²) in [5.74, 6) is 1.02. The number of nitriles is 1. The fourth-order valence-electron chi connectivity index (χ4n) is 1.07. The van der Waals surface area contributed by atoms with Gasteiger partial charge in [-0.05, 0) is 12.5 Å². The predicted octanol–water partition coefficient (Wildman–Crippen LogP) is 1.19. The molecule has 1 aromatic rings. The van der Waals surface area contributed by atoms with E-state index in [0.29, 0.717) is 0 Å². The Bertz CT molecular complexity index is 316. The Morgan fingerprint density at radius 1 is 1.62 bits per heavy atom. The van der Waals surface area contributed by atoms with Gasteiger partial charge in [-0.15, -0.1) is 0 Å². The van der Waals surface area contributed by atoms with Crippen molar-refractivity contribution >= 4 is 5.82 Å². The van der Waals surface area contributed by atoms with Crippen molar-refractivity contribution in [2.45, 2.75) is 13.3 Å². The van der Waals surface area contributed by atoms with Gasteiger partial charge in [0.25, 0.3) is 0 Å². The summed E-state index contributed by atoms with van der Waals surface area (Å²) < 4.78 is 0. The average Bonchev–Trinajstić information content (AvgIpc) is 2.18. The van der Waals surface area contributed by atoms with Gasteiger partial charge in [0.1, 0.15) is 11.9 Å². The standard InChI is InChI=1S/C9H12N4/c1-3-6-13(2)9-4-5-11-8(7-10)12-9/h4-5H,3,6H2,1-2H3. The zero-order valence-electron chi connectivity index (χ0n) is 7.86. The van der Waals surface area contributed by atoms with Crippen LogP contribution in [0.15, 0.2) is 12.3 Å². The van der Waals surface area contributed by atoms with E-state index < -0.39 is 0 Å². The van der Waals surface area contributed by atoms with E-state index in [-0.39, 0.29) is 5.82 Å². The Morgan fingerprint density at radius 3 is 3.00 bits per heavy atom. The van der Waals surface area contributed by atoms with Gasteiger partial charge in [0.05, 0.1) is 0 Å². The Balaban J connectivity index is 2.83. The lowest BCUT2D eigenvalue weighted by molar-refractivity contribution is 0.832. The minimum atomic E-state index is 0.223. The third-order valence-corrected chi connectivity index (χ3v) is 1.69. The van der Waals surface area contributed by atoms with E-state index in [0.717, 1.165) is 18.8 Å². The monoisotopic (exact) mass is 176 g/mol. The maximum atomic E-state index is 8.58. The quantitative estimate of drug-likeness (QED) is 0.694. The summed E-state index contributed by atoms with van der Waals surface area (Å²) in [5.41, 5.74) is 0. The highest BCUT2D eigenvalue weighted by Crippen LogP contribution is 2.07. The Morgan fingerprint density at radius 2 is 2.38 bits per heavy atom. The second kappa shape index (κ2) is 4.41. The smallest absolute Gasteiger partial charge is 0.234 e. The first-order valence-electron chi connectivity index (χ1n) is 4.22. The normalized spacial score (nSPS) is 9.31. The number of rotatable bonds is 3. The van der Waals surface area contributed by atoms with Crippen LogP contribution in [-0.4, -0.2) is 23.6 Å². The van der Waals surface area contributed by atoms with Crippen molar-refractivity contribution < 1.29 is 0 Å². The van der Waals surface area contributed by atoms with E-state index in [9.17, 15) is 0 Å². The average molecular weight is 176 g/mol. The SMILES string of the molecule is CCCN(C)c1ccnc(C#N)n1. The zero-order chi connectivity index (χ0) is 9.68. The first-order chi connectivity index (χ1) is 6.27. The van der Waals surface area contributed by atoms with Gasteiger partial charge in [-0.1, -0.05) is 6.92 Å². The van der Waals surface area contributed by atoms with Crippen LogP contribution in [0, 0.1) is 11.3 Å². The molecule has 0 aliphatic rings. The number of hydrogen-bond donors (Lipinski definition) is 0. The molecular formula is C9H12N4. The number of hydrogen-bond acceptors (Lipinski definition) is 4. The third kappa shape index (κ3) is 2.41. The molecule has 0 aliphatic carbocycles. The molecule has 0 saturated heterocycles. The molecule has 0 amide bonds. The lowest BCUT2D eigenvalue weighted by Crippen LogP contribution is -2.19. The van der Waals surface area contributed by atoms with E-state index in [1.165, 1.54) is 0 Å². The number of anilines is 1. The molecule has 4 nitrogen and oxygen atoms in total. The molecule has 4 heteroatoms. The van der Waals surface area contributed by atoms with Crippen LogP contribution in [0.25, 0.3) is 0 Å². The first-order valence-corrected chi connectivity index (χ1v) is 4.22. The van der Waals surface area contributed by atoms with Crippen molar-refractivity contribution in [3.63, 3.8) is 0 Å². The summed E-state index contributed by atoms with van der Waals surface area (Å²) in [6, 6.07) is 3.72. The van der Waals surface area contributed by atoms with Gasteiger partial charge < -0.3 is 4.90 Å². The van der Waals surface area contributed by atoms with Gasteiger partial charge in [0, 0.05) is 19.8 Å². The molecule has 1 rings (SSSR count). The largest absolute Gasteiger partial charge is 0.360 e. The number of aromatic nitrogens is 2. The maximum Gasteiger partial charge on any atom is 0.234 e. The summed E-state index contributed by atoms with van der Waals surface area (Å²) in [5, 5.41) is 8.58. The molecular weight excluding hydrogens is 164 g/mol. The summed E-state index contributed by atoms with van der Waals surface area (Å²) in [4.78, 5) is 9.87. The van der Waals surface area contributed by atoms with Gasteiger partial charge >= 0.3 is 0 Å². The highest BCUT2D eigenvalue weighted by molar-refractivity contribution is 5.37. The van der Waals surface area contributed by atoms with Crippen LogP contribution in [0.5, 0.6) is 0 Å². The van der Waals surface area contributed by atoms with E-state index in [4.69, 9.17) is 5.26 Å². The molecule has 0 N–H and O–H groups in total. The predicted molar refractivity (Wildman–Crippen MR) is 50.3 cm³/mol. The molecule has 0 saturated carbocycles. The molecule has 0 aromatic carbocycles. The highest BCUT2D eigenvalue weighted by Gasteiger charge is 2.01. The van der Waals surface area contributed by atoms with Crippen molar-refractivity contribution in [2.24, 2.45) is 0 Å². The van der Waals surface area contributed by atoms with Crippen LogP contribution in [0.1, 0.15) is 19.2 Å². The van der Waals surface area contributed by atoms with Crippen LogP contribution < -0.4 is 4.90 Å². The molecule has 0 fully saturated rings. The molecule has 0 radical (unpaired) electrons. The molecule has 1 heterocycles. The minimum absolute atomic E-state index is 0.223. The molecule has 0 unspecified atom stereocenters. The van der Waals surface area contributed by atoms with Crippen LogP contribution in [0.4, 0.5) is 5.82 Å². The second-order valence-corrected chi connectivity index (χ2v) is 2.77. The van der Waals surface area contributed by atoms with Crippen LogP contribution in [-0.2, 0) is 0 Å². The van der Waals surface area contributed by atoms with E-state index >= 15 is 0 Å². The summed E-state index contributed by atoms with van der Waals surface area (Å²) in [7, 11) is 1.95. The fraction of sp³-hybridized carbons (Fsp3) is 0.444. The highest BCUT2D eigenvalue weighted by atomic mass is 15.2. The van der Waals surface area contributed by atoms with Gasteiger partial charge in [-0.2, -0.15) is 5.26 Å².